The Labute approximate surface area is 146 Å². The summed E-state index contributed by atoms with van der Waals surface area (Å²) in [5, 5.41) is 4.86. The Bertz CT molecular complexity index is 699. The molecule has 108 valence electrons. The van der Waals surface area contributed by atoms with Crippen molar-refractivity contribution in [1.82, 2.24) is 5.43 Å². The number of amides is 1. The lowest BCUT2D eigenvalue weighted by atomic mass is 10.1. The van der Waals surface area contributed by atoms with E-state index in [0.29, 0.717) is 21.3 Å². The summed E-state index contributed by atoms with van der Waals surface area (Å²) in [4.78, 5) is 12.0. The fourth-order valence-corrected chi connectivity index (χ4v) is 2.48. The van der Waals surface area contributed by atoms with Gasteiger partial charge in [-0.1, -0.05) is 35.3 Å². The Morgan fingerprint density at radius 1 is 1.14 bits per heavy atom. The van der Waals surface area contributed by atoms with Crippen molar-refractivity contribution in [3.05, 3.63) is 67.2 Å². The van der Waals surface area contributed by atoms with E-state index in [4.69, 9.17) is 23.2 Å². The van der Waals surface area contributed by atoms with Gasteiger partial charge in [0.15, 0.2) is 0 Å². The van der Waals surface area contributed by atoms with Gasteiger partial charge < -0.3 is 0 Å². The lowest BCUT2D eigenvalue weighted by molar-refractivity contribution is 0.0955. The van der Waals surface area contributed by atoms with Gasteiger partial charge in [0, 0.05) is 8.59 Å². The molecule has 0 bridgehead atoms. The molecule has 2 aromatic rings. The van der Waals surface area contributed by atoms with Crippen molar-refractivity contribution >= 4 is 57.4 Å². The first-order chi connectivity index (χ1) is 9.97. The first-order valence-electron chi connectivity index (χ1n) is 6.03. The highest BCUT2D eigenvalue weighted by atomic mass is 127. The number of halogens is 3. The third-order valence-electron chi connectivity index (χ3n) is 2.76. The molecule has 0 aliphatic carbocycles. The van der Waals surface area contributed by atoms with Crippen LogP contribution in [0, 0.1) is 3.57 Å². The van der Waals surface area contributed by atoms with Crippen LogP contribution >= 0.6 is 45.8 Å². The standard InChI is InChI=1S/C15H11Cl2IN2O/c1-9(10-2-5-12(18)6-3-10)19-20-15(21)13-7-4-11(16)8-14(13)17/h2-8H,1H3,(H,20,21)/b19-9-. The molecule has 0 unspecified atom stereocenters. The first-order valence-corrected chi connectivity index (χ1v) is 7.86. The number of hydrazone groups is 1. The minimum atomic E-state index is -0.374. The van der Waals surface area contributed by atoms with Gasteiger partial charge in [0.25, 0.3) is 5.91 Å². The zero-order valence-corrected chi connectivity index (χ0v) is 14.7. The average Bonchev–Trinajstić information content (AvgIpc) is 2.45. The Morgan fingerprint density at radius 3 is 2.43 bits per heavy atom. The van der Waals surface area contributed by atoms with Gasteiger partial charge >= 0.3 is 0 Å². The van der Waals surface area contributed by atoms with Crippen LogP contribution in [-0.2, 0) is 0 Å². The number of nitrogens with zero attached hydrogens (tertiary/aromatic N) is 1. The zero-order chi connectivity index (χ0) is 15.4. The number of hydrogen-bond acceptors (Lipinski definition) is 2. The molecule has 0 saturated carbocycles. The molecule has 1 N–H and O–H groups in total. The molecule has 0 radical (unpaired) electrons. The summed E-state index contributed by atoms with van der Waals surface area (Å²) in [6, 6.07) is 12.5. The summed E-state index contributed by atoms with van der Waals surface area (Å²) in [6.45, 7) is 1.83. The summed E-state index contributed by atoms with van der Waals surface area (Å²) in [5.74, 6) is -0.374. The van der Waals surface area contributed by atoms with Gasteiger partial charge in [-0.25, -0.2) is 5.43 Å². The van der Waals surface area contributed by atoms with Crippen LogP contribution in [0.2, 0.25) is 10.0 Å². The molecule has 0 fully saturated rings. The van der Waals surface area contributed by atoms with E-state index in [9.17, 15) is 4.79 Å². The Balaban J connectivity index is 2.12. The molecule has 0 spiro atoms. The molecule has 0 saturated heterocycles. The summed E-state index contributed by atoms with van der Waals surface area (Å²) < 4.78 is 1.14. The molecule has 0 aromatic heterocycles. The summed E-state index contributed by atoms with van der Waals surface area (Å²) in [6.07, 6.45) is 0. The van der Waals surface area contributed by atoms with E-state index in [-0.39, 0.29) is 5.91 Å². The monoisotopic (exact) mass is 432 g/mol. The van der Waals surface area contributed by atoms with Gasteiger partial charge in [-0.05, 0) is 65.4 Å². The van der Waals surface area contributed by atoms with E-state index in [1.165, 1.54) is 6.07 Å². The van der Waals surface area contributed by atoms with E-state index in [2.05, 4.69) is 33.1 Å². The lowest BCUT2D eigenvalue weighted by Gasteiger charge is -2.05. The molecular weight excluding hydrogens is 422 g/mol. The van der Waals surface area contributed by atoms with Gasteiger partial charge in [-0.2, -0.15) is 5.10 Å². The van der Waals surface area contributed by atoms with Gasteiger partial charge in [-0.3, -0.25) is 4.79 Å². The highest BCUT2D eigenvalue weighted by Crippen LogP contribution is 2.20. The quantitative estimate of drug-likeness (QED) is 0.424. The SMILES string of the molecule is C/C(=N/NC(=O)c1ccc(Cl)cc1Cl)c1ccc(I)cc1. The Hall–Kier alpha value is -1.11. The molecule has 2 rings (SSSR count). The van der Waals surface area contributed by atoms with E-state index in [1.807, 2.05) is 31.2 Å². The number of carbonyl (C=O) groups is 1. The molecule has 0 aliphatic rings. The average molecular weight is 433 g/mol. The van der Waals surface area contributed by atoms with Crippen molar-refractivity contribution in [2.75, 3.05) is 0 Å². The molecule has 3 nitrogen and oxygen atoms in total. The molecule has 0 heterocycles. The van der Waals surface area contributed by atoms with E-state index in [0.717, 1.165) is 9.13 Å². The van der Waals surface area contributed by atoms with Crippen LogP contribution in [0.3, 0.4) is 0 Å². The second-order valence-corrected chi connectivity index (χ2v) is 6.36. The minimum Gasteiger partial charge on any atom is -0.267 e. The second-order valence-electron chi connectivity index (χ2n) is 4.27. The van der Waals surface area contributed by atoms with Gasteiger partial charge in [0.2, 0.25) is 0 Å². The summed E-state index contributed by atoms with van der Waals surface area (Å²) >= 11 is 14.0. The lowest BCUT2D eigenvalue weighted by Crippen LogP contribution is -2.19. The number of carbonyl (C=O) groups excluding carboxylic acids is 1. The number of nitrogens with one attached hydrogen (secondary N) is 1. The van der Waals surface area contributed by atoms with Crippen molar-refractivity contribution in [2.45, 2.75) is 6.92 Å². The predicted molar refractivity (Wildman–Crippen MR) is 95.3 cm³/mol. The van der Waals surface area contributed by atoms with Gasteiger partial charge in [0.1, 0.15) is 0 Å². The van der Waals surface area contributed by atoms with Crippen molar-refractivity contribution in [2.24, 2.45) is 5.10 Å². The molecule has 1 amide bonds. The molecule has 0 aliphatic heterocycles. The summed E-state index contributed by atoms with van der Waals surface area (Å²) in [7, 11) is 0. The largest absolute Gasteiger partial charge is 0.272 e. The third kappa shape index (κ3) is 4.43. The van der Waals surface area contributed by atoms with Crippen LogP contribution in [0.1, 0.15) is 22.8 Å². The van der Waals surface area contributed by atoms with Gasteiger partial charge in [-0.15, -0.1) is 0 Å². The highest BCUT2D eigenvalue weighted by molar-refractivity contribution is 14.1. The molecule has 6 heteroatoms. The van der Waals surface area contributed by atoms with Crippen LogP contribution in [0.15, 0.2) is 47.6 Å². The van der Waals surface area contributed by atoms with E-state index < -0.39 is 0 Å². The van der Waals surface area contributed by atoms with Crippen LogP contribution in [-0.4, -0.2) is 11.6 Å². The van der Waals surface area contributed by atoms with E-state index in [1.54, 1.807) is 12.1 Å². The Morgan fingerprint density at radius 2 is 1.81 bits per heavy atom. The summed E-state index contributed by atoms with van der Waals surface area (Å²) in [5.41, 5.74) is 4.48. The van der Waals surface area contributed by atoms with Crippen molar-refractivity contribution < 1.29 is 4.79 Å². The smallest absolute Gasteiger partial charge is 0.267 e. The topological polar surface area (TPSA) is 41.5 Å². The predicted octanol–water partition coefficient (Wildman–Crippen LogP) is 4.75. The first kappa shape index (κ1) is 16.3. The third-order valence-corrected chi connectivity index (χ3v) is 4.03. The molecule has 2 aromatic carbocycles. The minimum absolute atomic E-state index is 0.294. The molecule has 0 atom stereocenters. The van der Waals surface area contributed by atoms with E-state index >= 15 is 0 Å². The highest BCUT2D eigenvalue weighted by Gasteiger charge is 2.10. The van der Waals surface area contributed by atoms with Gasteiger partial charge in [0.05, 0.1) is 16.3 Å². The van der Waals surface area contributed by atoms with Crippen molar-refractivity contribution in [3.63, 3.8) is 0 Å². The van der Waals surface area contributed by atoms with Crippen LogP contribution in [0.5, 0.6) is 0 Å². The van der Waals surface area contributed by atoms with Crippen molar-refractivity contribution in [1.29, 1.82) is 0 Å². The number of benzene rings is 2. The maximum absolute atomic E-state index is 12.0. The maximum Gasteiger partial charge on any atom is 0.272 e. The Kier molecular flexibility index (Phi) is 5.61. The number of hydrogen-bond donors (Lipinski definition) is 1. The maximum atomic E-state index is 12.0. The zero-order valence-electron chi connectivity index (χ0n) is 11.0. The van der Waals surface area contributed by atoms with Crippen LogP contribution in [0.4, 0.5) is 0 Å². The number of rotatable bonds is 3. The normalized spacial score (nSPS) is 11.3. The fourth-order valence-electron chi connectivity index (χ4n) is 1.62. The van der Waals surface area contributed by atoms with Crippen LogP contribution in [0.25, 0.3) is 0 Å². The molecule has 21 heavy (non-hydrogen) atoms. The van der Waals surface area contributed by atoms with Crippen molar-refractivity contribution in [3.8, 4) is 0 Å². The second kappa shape index (κ2) is 7.24. The molecular formula is C15H11Cl2IN2O. The fraction of sp³-hybridized carbons (Fsp3) is 0.0667. The van der Waals surface area contributed by atoms with Crippen LogP contribution < -0.4 is 5.43 Å².